The van der Waals surface area contributed by atoms with Crippen LogP contribution in [-0.4, -0.2) is 75.3 Å². The maximum atomic E-state index is 14.2. The van der Waals surface area contributed by atoms with E-state index in [2.05, 4.69) is 10.6 Å². The molecule has 0 aliphatic heterocycles. The van der Waals surface area contributed by atoms with Gasteiger partial charge in [0.25, 0.3) is 15.9 Å². The lowest BCUT2D eigenvalue weighted by Crippen LogP contribution is -2.61. The molecule has 3 atom stereocenters. The zero-order valence-electron chi connectivity index (χ0n) is 31.9. The van der Waals surface area contributed by atoms with E-state index in [4.69, 9.17) is 0 Å². The number of hydrogen-bond donors (Lipinski definition) is 4. The fourth-order valence-electron chi connectivity index (χ4n) is 6.28. The van der Waals surface area contributed by atoms with Crippen molar-refractivity contribution in [1.29, 1.82) is 0 Å². The van der Waals surface area contributed by atoms with E-state index in [1.807, 2.05) is 88.8 Å². The van der Waals surface area contributed by atoms with E-state index in [1.165, 1.54) is 30.0 Å². The molecular formula is C38H52F3N5O6S. The van der Waals surface area contributed by atoms with Crippen molar-refractivity contribution in [2.75, 3.05) is 14.1 Å². The molecular weight excluding hydrogens is 712 g/mol. The maximum Gasteiger partial charge on any atom is 0.471 e. The molecule has 1 fully saturated rings. The number of likely N-dealkylation sites (N-methyl/N-ethyl adjacent to an activating group) is 2. The third-order valence-electron chi connectivity index (χ3n) is 9.75. The molecule has 0 spiro atoms. The molecule has 1 aliphatic carbocycles. The number of benzene rings is 2. The minimum Gasteiger partial charge on any atom is -0.342 e. The Hall–Kier alpha value is -4.24. The fourth-order valence-corrected chi connectivity index (χ4v) is 7.29. The Morgan fingerprint density at radius 3 is 1.89 bits per heavy atom. The van der Waals surface area contributed by atoms with E-state index in [-0.39, 0.29) is 35.1 Å². The fraction of sp³-hybridized carbons (Fsp3) is 0.526. The van der Waals surface area contributed by atoms with Gasteiger partial charge in [-0.1, -0.05) is 97.0 Å². The lowest BCUT2D eigenvalue weighted by molar-refractivity contribution is -0.174. The van der Waals surface area contributed by atoms with Gasteiger partial charge in [0.1, 0.15) is 6.04 Å². The average Bonchev–Trinajstić information content (AvgIpc) is 3.85. The largest absolute Gasteiger partial charge is 0.471 e. The Balaban J connectivity index is 1.79. The maximum absolute atomic E-state index is 14.2. The number of amides is 4. The van der Waals surface area contributed by atoms with Crippen LogP contribution in [0.3, 0.4) is 0 Å². The van der Waals surface area contributed by atoms with Crippen LogP contribution >= 0.6 is 0 Å². The smallest absolute Gasteiger partial charge is 0.342 e. The molecule has 0 saturated heterocycles. The molecule has 11 nitrogen and oxygen atoms in total. The van der Waals surface area contributed by atoms with E-state index in [1.54, 1.807) is 14.1 Å². The molecule has 2 aromatic carbocycles. The van der Waals surface area contributed by atoms with Crippen LogP contribution in [0.5, 0.6) is 0 Å². The average molecular weight is 764 g/mol. The van der Waals surface area contributed by atoms with E-state index < -0.39 is 68.4 Å². The van der Waals surface area contributed by atoms with Crippen molar-refractivity contribution in [3.05, 3.63) is 77.4 Å². The molecule has 1 saturated carbocycles. The van der Waals surface area contributed by atoms with Gasteiger partial charge in [-0.2, -0.15) is 13.2 Å². The molecule has 0 aromatic heterocycles. The number of carbonyl (C=O) groups excluding carboxylic acids is 4. The minimum atomic E-state index is -5.06. The molecule has 4 N–H and O–H groups in total. The zero-order valence-corrected chi connectivity index (χ0v) is 32.8. The van der Waals surface area contributed by atoms with Crippen LogP contribution in [0.1, 0.15) is 79.4 Å². The second-order valence-electron chi connectivity index (χ2n) is 15.6. The number of halogens is 3. The second kappa shape index (κ2) is 16.0. The van der Waals surface area contributed by atoms with Gasteiger partial charge in [0, 0.05) is 18.0 Å². The number of sulfonamides is 1. The van der Waals surface area contributed by atoms with Crippen molar-refractivity contribution in [3.63, 3.8) is 0 Å². The second-order valence-corrected chi connectivity index (χ2v) is 17.3. The summed E-state index contributed by atoms with van der Waals surface area (Å²) in [5, 5.41) is 8.06. The van der Waals surface area contributed by atoms with Crippen LogP contribution in [0.2, 0.25) is 0 Å². The first kappa shape index (κ1) is 43.2. The van der Waals surface area contributed by atoms with Gasteiger partial charge in [0.2, 0.25) is 11.8 Å². The van der Waals surface area contributed by atoms with E-state index >= 15 is 0 Å². The van der Waals surface area contributed by atoms with Gasteiger partial charge < -0.3 is 20.9 Å². The Kier molecular flexibility index (Phi) is 13.0. The Morgan fingerprint density at radius 2 is 1.43 bits per heavy atom. The predicted octanol–water partition coefficient (Wildman–Crippen LogP) is 4.69. The van der Waals surface area contributed by atoms with Gasteiger partial charge in [-0.3, -0.25) is 19.2 Å². The zero-order chi connectivity index (χ0) is 40.3. The number of hydrogen-bond acceptors (Lipinski definition) is 7. The first-order chi connectivity index (χ1) is 24.3. The van der Waals surface area contributed by atoms with Crippen molar-refractivity contribution in [3.8, 4) is 0 Å². The van der Waals surface area contributed by atoms with Crippen LogP contribution in [0.25, 0.3) is 0 Å². The Morgan fingerprint density at radius 1 is 0.887 bits per heavy atom. The molecule has 0 radical (unpaired) electrons. The summed E-state index contributed by atoms with van der Waals surface area (Å²) in [7, 11) is -1.17. The normalized spacial score (nSPS) is 16.6. The highest BCUT2D eigenvalue weighted by Gasteiger charge is 2.51. The number of alkyl halides is 3. The standard InChI is InChI=1S/C38H52F3N5O6S/c1-23(2)28(46(10)33(49)30(35(4,5)6)43-32(48)29(42-9)36(7,8)25-14-12-11-13-15-25)22-24(3)31(47)45-53(51,52)27-18-16-26(17-19-27)37(20-21-37)44-34(50)38(39,40)41/h11-19,22-23,28-30,42H,20-21H2,1-10H3,(H,43,48)(H,44,50)(H,45,47)/b24-22+/t28-,29-,30?/m1/s1. The molecule has 292 valence electrons. The van der Waals surface area contributed by atoms with Gasteiger partial charge in [-0.15, -0.1) is 0 Å². The Bertz CT molecular complexity index is 1800. The molecule has 1 aliphatic rings. The van der Waals surface area contributed by atoms with Crippen molar-refractivity contribution >= 4 is 33.7 Å². The molecule has 2 aromatic rings. The molecule has 3 rings (SSSR count). The topological polar surface area (TPSA) is 154 Å². The summed E-state index contributed by atoms with van der Waals surface area (Å²) in [5.74, 6) is -4.04. The molecule has 15 heteroatoms. The lowest BCUT2D eigenvalue weighted by Gasteiger charge is -2.40. The molecule has 0 bridgehead atoms. The van der Waals surface area contributed by atoms with Crippen molar-refractivity contribution in [2.24, 2.45) is 11.3 Å². The first-order valence-corrected chi connectivity index (χ1v) is 18.8. The van der Waals surface area contributed by atoms with Crippen LogP contribution in [-0.2, 0) is 40.2 Å². The number of carbonyl (C=O) groups is 4. The highest BCUT2D eigenvalue weighted by molar-refractivity contribution is 7.90. The summed E-state index contributed by atoms with van der Waals surface area (Å²) < 4.78 is 66.8. The van der Waals surface area contributed by atoms with Crippen molar-refractivity contribution in [2.45, 2.75) is 108 Å². The number of nitrogens with one attached hydrogen (secondary N) is 4. The van der Waals surface area contributed by atoms with Gasteiger partial charge in [-0.25, -0.2) is 13.1 Å². The van der Waals surface area contributed by atoms with Crippen LogP contribution < -0.4 is 20.7 Å². The third kappa shape index (κ3) is 10.3. The predicted molar refractivity (Wildman–Crippen MR) is 196 cm³/mol. The highest BCUT2D eigenvalue weighted by Crippen LogP contribution is 2.46. The monoisotopic (exact) mass is 763 g/mol. The summed E-state index contributed by atoms with van der Waals surface area (Å²) in [6, 6.07) is 12.1. The van der Waals surface area contributed by atoms with E-state index in [9.17, 15) is 40.8 Å². The van der Waals surface area contributed by atoms with Crippen molar-refractivity contribution in [1.82, 2.24) is 25.6 Å². The third-order valence-corrected chi connectivity index (χ3v) is 11.1. The number of rotatable bonds is 14. The van der Waals surface area contributed by atoms with E-state index in [0.29, 0.717) is 5.56 Å². The summed E-state index contributed by atoms with van der Waals surface area (Å²) in [6.45, 7) is 14.5. The molecule has 4 amide bonds. The first-order valence-electron chi connectivity index (χ1n) is 17.3. The Labute approximate surface area is 310 Å². The van der Waals surface area contributed by atoms with Gasteiger partial charge in [0.15, 0.2) is 0 Å². The summed E-state index contributed by atoms with van der Waals surface area (Å²) in [4.78, 5) is 53.8. The molecule has 0 heterocycles. The van der Waals surface area contributed by atoms with Crippen LogP contribution in [0, 0.1) is 11.3 Å². The highest BCUT2D eigenvalue weighted by atomic mass is 32.2. The van der Waals surface area contributed by atoms with Crippen LogP contribution in [0.4, 0.5) is 13.2 Å². The summed E-state index contributed by atoms with van der Waals surface area (Å²) >= 11 is 0. The lowest BCUT2D eigenvalue weighted by atomic mass is 9.76. The van der Waals surface area contributed by atoms with Gasteiger partial charge in [-0.05, 0) is 61.4 Å². The molecule has 1 unspecified atom stereocenters. The summed E-state index contributed by atoms with van der Waals surface area (Å²) in [6.07, 6.45) is -3.07. The van der Waals surface area contributed by atoms with E-state index in [0.717, 1.165) is 17.7 Å². The SMILES string of the molecule is CN[C@H](C(=O)NC(C(=O)N(C)[C@H](/C=C(\C)C(=O)NS(=O)(=O)c1ccc(C2(NC(=O)C(F)(F)F)CC2)cc1)C(C)C)C(C)(C)C)C(C)(C)c1ccccc1. The van der Waals surface area contributed by atoms with Gasteiger partial charge in [0.05, 0.1) is 22.5 Å². The quantitative estimate of drug-likeness (QED) is 0.204. The number of nitrogens with zero attached hydrogens (tertiary/aromatic N) is 1. The van der Waals surface area contributed by atoms with Crippen molar-refractivity contribution < 1.29 is 40.8 Å². The van der Waals surface area contributed by atoms with Gasteiger partial charge >= 0.3 is 12.1 Å². The minimum absolute atomic E-state index is 0.00606. The van der Waals surface area contributed by atoms with Crippen LogP contribution in [0.15, 0.2) is 71.1 Å². The molecule has 53 heavy (non-hydrogen) atoms. The summed E-state index contributed by atoms with van der Waals surface area (Å²) in [5.41, 5.74) is -1.36.